The molecule has 1 aliphatic rings. The van der Waals surface area contributed by atoms with E-state index in [0.29, 0.717) is 12.5 Å². The van der Waals surface area contributed by atoms with Gasteiger partial charge in [0, 0.05) is 16.6 Å². The Balaban J connectivity index is 1.93. The van der Waals surface area contributed by atoms with E-state index in [1.165, 1.54) is 4.90 Å². The first-order chi connectivity index (χ1) is 8.96. The van der Waals surface area contributed by atoms with E-state index in [0.717, 1.165) is 12.2 Å². The molecule has 2 atom stereocenters. The molecular weight excluding hydrogens is 256 g/mol. The fourth-order valence-electron chi connectivity index (χ4n) is 2.40. The van der Waals surface area contributed by atoms with Crippen LogP contribution in [0.2, 0.25) is 0 Å². The highest BCUT2D eigenvalue weighted by Gasteiger charge is 2.38. The van der Waals surface area contributed by atoms with Gasteiger partial charge in [-0.25, -0.2) is 0 Å². The normalized spacial score (nSPS) is 23.4. The smallest absolute Gasteiger partial charge is 0.309 e. The van der Waals surface area contributed by atoms with Crippen molar-refractivity contribution in [1.29, 1.82) is 0 Å². The third-order valence-electron chi connectivity index (χ3n) is 3.35. The molecule has 1 aromatic carbocycles. The summed E-state index contributed by atoms with van der Waals surface area (Å²) in [6.07, 6.45) is 0.909. The van der Waals surface area contributed by atoms with Crippen molar-refractivity contribution in [2.75, 3.05) is 12.4 Å². The first kappa shape index (κ1) is 14.4. The van der Waals surface area contributed by atoms with Gasteiger partial charge in [-0.1, -0.05) is 39.0 Å². The van der Waals surface area contributed by atoms with Crippen LogP contribution in [0.15, 0.2) is 35.2 Å². The number of rotatable bonds is 4. The van der Waals surface area contributed by atoms with Gasteiger partial charge >= 0.3 is 5.97 Å². The SMILES string of the molecule is CC(C)(C)C[C@H]1C(=O)OC[C@@H]1CSc1ccccc1. The fraction of sp³-hybridized carbons (Fsp3) is 0.562. The van der Waals surface area contributed by atoms with Gasteiger partial charge in [0.25, 0.3) is 0 Å². The monoisotopic (exact) mass is 278 g/mol. The van der Waals surface area contributed by atoms with Crippen molar-refractivity contribution < 1.29 is 9.53 Å². The van der Waals surface area contributed by atoms with E-state index >= 15 is 0 Å². The van der Waals surface area contributed by atoms with Crippen molar-refractivity contribution in [3.05, 3.63) is 30.3 Å². The molecule has 19 heavy (non-hydrogen) atoms. The second kappa shape index (κ2) is 6.00. The molecule has 1 fully saturated rings. The van der Waals surface area contributed by atoms with Crippen LogP contribution in [0.5, 0.6) is 0 Å². The lowest BCUT2D eigenvalue weighted by Crippen LogP contribution is -2.23. The van der Waals surface area contributed by atoms with Crippen LogP contribution in [-0.4, -0.2) is 18.3 Å². The third-order valence-corrected chi connectivity index (χ3v) is 4.55. The van der Waals surface area contributed by atoms with E-state index in [1.807, 2.05) is 30.0 Å². The van der Waals surface area contributed by atoms with Gasteiger partial charge in [0.2, 0.25) is 0 Å². The summed E-state index contributed by atoms with van der Waals surface area (Å²) in [4.78, 5) is 13.1. The lowest BCUT2D eigenvalue weighted by Gasteiger charge is -2.24. The fourth-order valence-corrected chi connectivity index (χ4v) is 3.48. The van der Waals surface area contributed by atoms with Crippen LogP contribution in [0.1, 0.15) is 27.2 Å². The van der Waals surface area contributed by atoms with Crippen LogP contribution in [0.25, 0.3) is 0 Å². The number of hydrogen-bond acceptors (Lipinski definition) is 3. The van der Waals surface area contributed by atoms with E-state index in [1.54, 1.807) is 0 Å². The molecule has 0 radical (unpaired) electrons. The van der Waals surface area contributed by atoms with E-state index in [4.69, 9.17) is 4.74 Å². The highest BCUT2D eigenvalue weighted by molar-refractivity contribution is 7.99. The van der Waals surface area contributed by atoms with Crippen molar-refractivity contribution in [3.8, 4) is 0 Å². The molecule has 1 heterocycles. The minimum atomic E-state index is -0.00594. The number of esters is 1. The molecular formula is C16H22O2S. The third kappa shape index (κ3) is 4.27. The molecule has 1 aliphatic heterocycles. The molecule has 1 aromatic rings. The summed E-state index contributed by atoms with van der Waals surface area (Å²) < 4.78 is 5.26. The van der Waals surface area contributed by atoms with E-state index in [2.05, 4.69) is 32.9 Å². The van der Waals surface area contributed by atoms with Crippen LogP contribution >= 0.6 is 11.8 Å². The number of ether oxygens (including phenoxy) is 1. The first-order valence-electron chi connectivity index (χ1n) is 6.80. The summed E-state index contributed by atoms with van der Waals surface area (Å²) in [5.74, 6) is 1.36. The van der Waals surface area contributed by atoms with Crippen molar-refractivity contribution in [1.82, 2.24) is 0 Å². The van der Waals surface area contributed by atoms with Crippen LogP contribution in [0.4, 0.5) is 0 Å². The van der Waals surface area contributed by atoms with Gasteiger partial charge in [0.15, 0.2) is 0 Å². The lowest BCUT2D eigenvalue weighted by atomic mass is 9.80. The van der Waals surface area contributed by atoms with Crippen molar-refractivity contribution in [3.63, 3.8) is 0 Å². The van der Waals surface area contributed by atoms with Gasteiger partial charge in [-0.3, -0.25) is 4.79 Å². The predicted molar refractivity (Wildman–Crippen MR) is 79.2 cm³/mol. The summed E-state index contributed by atoms with van der Waals surface area (Å²) in [5.41, 5.74) is 0.170. The molecule has 0 aromatic heterocycles. The Kier molecular flexibility index (Phi) is 4.56. The Bertz CT molecular complexity index is 422. The standard InChI is InChI=1S/C16H22O2S/c1-16(2,3)9-14-12(10-18-15(14)17)11-19-13-7-5-4-6-8-13/h4-8,12,14H,9-11H2,1-3H3/t12-,14-/m1/s1. The number of hydrogen-bond donors (Lipinski definition) is 0. The number of thioether (sulfide) groups is 1. The Morgan fingerprint density at radius 3 is 2.58 bits per heavy atom. The second-order valence-corrected chi connectivity index (χ2v) is 7.48. The Morgan fingerprint density at radius 2 is 1.95 bits per heavy atom. The van der Waals surface area contributed by atoms with E-state index in [-0.39, 0.29) is 17.3 Å². The van der Waals surface area contributed by atoms with Crippen molar-refractivity contribution in [2.24, 2.45) is 17.3 Å². The van der Waals surface area contributed by atoms with Crippen LogP contribution in [0.3, 0.4) is 0 Å². The Labute approximate surface area is 119 Å². The van der Waals surface area contributed by atoms with Gasteiger partial charge in [0.1, 0.15) is 0 Å². The molecule has 0 saturated carbocycles. The van der Waals surface area contributed by atoms with Crippen LogP contribution in [0, 0.1) is 17.3 Å². The van der Waals surface area contributed by atoms with E-state index < -0.39 is 0 Å². The second-order valence-electron chi connectivity index (χ2n) is 6.39. The van der Waals surface area contributed by atoms with Gasteiger partial charge in [-0.15, -0.1) is 11.8 Å². The zero-order valence-corrected chi connectivity index (χ0v) is 12.7. The largest absolute Gasteiger partial charge is 0.465 e. The van der Waals surface area contributed by atoms with Gasteiger partial charge in [-0.05, 0) is 24.0 Å². The maximum Gasteiger partial charge on any atom is 0.309 e. The molecule has 1 saturated heterocycles. The minimum absolute atomic E-state index is 0.00594. The maximum atomic E-state index is 11.8. The van der Waals surface area contributed by atoms with Gasteiger partial charge < -0.3 is 4.74 Å². The van der Waals surface area contributed by atoms with Gasteiger partial charge in [-0.2, -0.15) is 0 Å². The Hall–Kier alpha value is -0.960. The highest BCUT2D eigenvalue weighted by Crippen LogP contribution is 2.36. The summed E-state index contributed by atoms with van der Waals surface area (Å²) >= 11 is 1.82. The first-order valence-corrected chi connectivity index (χ1v) is 7.79. The number of cyclic esters (lactones) is 1. The molecule has 0 amide bonds. The average Bonchev–Trinajstić information content (AvgIpc) is 2.68. The average molecular weight is 278 g/mol. The van der Waals surface area contributed by atoms with Crippen molar-refractivity contribution >= 4 is 17.7 Å². The minimum Gasteiger partial charge on any atom is -0.465 e. The quantitative estimate of drug-likeness (QED) is 0.615. The maximum absolute atomic E-state index is 11.8. The summed E-state index contributed by atoms with van der Waals surface area (Å²) in [7, 11) is 0. The van der Waals surface area contributed by atoms with Crippen LogP contribution in [-0.2, 0) is 9.53 Å². The number of benzene rings is 1. The molecule has 0 spiro atoms. The molecule has 3 heteroatoms. The molecule has 0 N–H and O–H groups in total. The predicted octanol–water partition coefficient (Wildman–Crippen LogP) is 4.00. The van der Waals surface area contributed by atoms with Crippen LogP contribution < -0.4 is 0 Å². The summed E-state index contributed by atoms with van der Waals surface area (Å²) in [5, 5.41) is 0. The molecule has 0 bridgehead atoms. The number of carbonyl (C=O) groups is 1. The molecule has 0 aliphatic carbocycles. The van der Waals surface area contributed by atoms with E-state index in [9.17, 15) is 4.79 Å². The van der Waals surface area contributed by atoms with Crippen molar-refractivity contribution in [2.45, 2.75) is 32.1 Å². The lowest BCUT2D eigenvalue weighted by molar-refractivity contribution is -0.142. The van der Waals surface area contributed by atoms with Gasteiger partial charge in [0.05, 0.1) is 12.5 Å². The molecule has 2 rings (SSSR count). The summed E-state index contributed by atoms with van der Waals surface area (Å²) in [6, 6.07) is 10.3. The zero-order valence-electron chi connectivity index (χ0n) is 11.9. The molecule has 2 nitrogen and oxygen atoms in total. The topological polar surface area (TPSA) is 26.3 Å². The zero-order chi connectivity index (χ0) is 13.9. The summed E-state index contributed by atoms with van der Waals surface area (Å²) in [6.45, 7) is 7.12. The Morgan fingerprint density at radius 1 is 1.26 bits per heavy atom. The highest BCUT2D eigenvalue weighted by atomic mass is 32.2. The number of carbonyl (C=O) groups excluding carboxylic acids is 1. The molecule has 104 valence electrons. The molecule has 0 unspecified atom stereocenters.